The molecule has 4 fully saturated rings. The van der Waals surface area contributed by atoms with Crippen molar-refractivity contribution in [3.63, 3.8) is 0 Å². The van der Waals surface area contributed by atoms with Crippen LogP contribution in [0.2, 0.25) is 0 Å². The molecule has 5 aromatic carbocycles. The Morgan fingerprint density at radius 1 is 0.881 bits per heavy atom. The number of pyridine rings is 1. The molecule has 7 heterocycles. The standard InChI is InChI=1S/C63H65F3N10O8/c1-4-45-49(64)19-16-39-24-42(78)25-47(54(39)45)56-59(57-48(27-67-56)60(74-28-40-17-18-41(29-74)68-40)71-63(70-57)84-44-20-22-82-23-21-44)83-33-35-8-10-37(11-9-35)51-31-76(73-72-51)58(34(2)3)62(81)75-30-43(79)26-53(75)61(80)69-52(32-77)38-14-12-36(13-15-38)46-6-5-7-50(65)55(46)66/h5-16,19,24-25,27,31,34,40-41,43-44,52-53,58,68,77-79H,4,17-18,20-23,26,28-30,32-33H2,1-3H3,(H,69,80)/t40?,41?,43-,52+,53+,58+/m1/s1. The number of fused-ring (bicyclic) bond motifs is 4. The van der Waals surface area contributed by atoms with Crippen LogP contribution in [0.3, 0.4) is 0 Å². The van der Waals surface area contributed by atoms with Crippen LogP contribution in [0.15, 0.2) is 103 Å². The molecule has 8 aromatic rings. The van der Waals surface area contributed by atoms with Crippen LogP contribution >= 0.6 is 0 Å². The highest BCUT2D eigenvalue weighted by atomic mass is 19.2. The molecule has 5 N–H and O–H groups in total. The topological polar surface area (TPSA) is 222 Å². The first-order valence-electron chi connectivity index (χ1n) is 28.7. The summed E-state index contributed by atoms with van der Waals surface area (Å²) in [6, 6.07) is 21.8. The van der Waals surface area contributed by atoms with E-state index in [-0.39, 0.29) is 54.7 Å². The second-order valence-electron chi connectivity index (χ2n) is 22.6. The summed E-state index contributed by atoms with van der Waals surface area (Å²) in [5.41, 5.74) is 4.60. The van der Waals surface area contributed by atoms with Crippen LogP contribution < -0.4 is 25.0 Å². The molecule has 18 nitrogen and oxygen atoms in total. The van der Waals surface area contributed by atoms with E-state index >= 15 is 4.39 Å². The zero-order valence-corrected chi connectivity index (χ0v) is 46.7. The Morgan fingerprint density at radius 3 is 2.36 bits per heavy atom. The van der Waals surface area contributed by atoms with Gasteiger partial charge in [0.1, 0.15) is 59.1 Å². The molecule has 84 heavy (non-hydrogen) atoms. The monoisotopic (exact) mass is 1150 g/mol. The van der Waals surface area contributed by atoms with E-state index < -0.39 is 54.3 Å². The molecule has 21 heteroatoms. The van der Waals surface area contributed by atoms with Crippen molar-refractivity contribution in [1.29, 1.82) is 0 Å². The minimum Gasteiger partial charge on any atom is -0.508 e. The maximum Gasteiger partial charge on any atom is 0.319 e. The third-order valence-corrected chi connectivity index (χ3v) is 16.6. The Balaban J connectivity index is 0.814. The second kappa shape index (κ2) is 23.8. The number of likely N-dealkylation sites (tertiary alicyclic amines) is 1. The lowest BCUT2D eigenvalue weighted by Crippen LogP contribution is -2.51. The number of aromatic hydroxyl groups is 1. The van der Waals surface area contributed by atoms with Crippen LogP contribution in [0, 0.1) is 23.4 Å². The van der Waals surface area contributed by atoms with Gasteiger partial charge in [-0.15, -0.1) is 5.10 Å². The number of phenols is 1. The fourth-order valence-electron chi connectivity index (χ4n) is 12.4. The number of aromatic nitrogens is 6. The van der Waals surface area contributed by atoms with Crippen LogP contribution in [0.5, 0.6) is 17.5 Å². The molecule has 2 amide bonds. The van der Waals surface area contributed by atoms with E-state index in [2.05, 4.69) is 25.8 Å². The summed E-state index contributed by atoms with van der Waals surface area (Å²) in [7, 11) is 0. The number of carbonyl (C=O) groups is 2. The largest absolute Gasteiger partial charge is 0.508 e. The van der Waals surface area contributed by atoms with Gasteiger partial charge in [0.2, 0.25) is 11.8 Å². The molecule has 0 saturated carbocycles. The Kier molecular flexibility index (Phi) is 15.9. The number of aliphatic hydroxyl groups is 2. The van der Waals surface area contributed by atoms with Gasteiger partial charge in [-0.3, -0.25) is 14.6 Å². The number of halogens is 3. The third-order valence-electron chi connectivity index (χ3n) is 16.6. The second-order valence-corrected chi connectivity index (χ2v) is 22.6. The SMILES string of the molecule is CCc1c(F)ccc2cc(O)cc(-c3ncc4c(N5CC6CCC(C5)N6)nc(OC5CCOCC5)nc4c3OCc3ccc(-c4cn([C@H](C(=O)N5C[C@H](O)C[C@H]5C(=O)N[C@@H](CO)c5ccc(-c6cccc(F)c6F)cc5)C(C)C)nn4)cc3)c12. The van der Waals surface area contributed by atoms with Gasteiger partial charge in [0.25, 0.3) is 0 Å². The van der Waals surface area contributed by atoms with Crippen molar-refractivity contribution < 1.29 is 52.3 Å². The van der Waals surface area contributed by atoms with Crippen LogP contribution in [-0.2, 0) is 27.4 Å². The molecular weight excluding hydrogens is 1080 g/mol. The van der Waals surface area contributed by atoms with Crippen molar-refractivity contribution in [3.8, 4) is 51.2 Å². The molecule has 2 unspecified atom stereocenters. The van der Waals surface area contributed by atoms with E-state index in [1.54, 1.807) is 54.9 Å². The van der Waals surface area contributed by atoms with Crippen LogP contribution in [0.25, 0.3) is 55.3 Å². The van der Waals surface area contributed by atoms with Crippen LogP contribution in [-0.4, -0.2) is 132 Å². The number of rotatable bonds is 17. The fraction of sp³-hybridized carbons (Fsp3) is 0.381. The number of nitrogens with one attached hydrogen (secondary N) is 2. The van der Waals surface area contributed by atoms with E-state index in [1.807, 2.05) is 45.0 Å². The lowest BCUT2D eigenvalue weighted by molar-refractivity contribution is -0.142. The average molecular weight is 1150 g/mol. The van der Waals surface area contributed by atoms with E-state index in [1.165, 1.54) is 27.8 Å². The number of nitrogens with zero attached hydrogens (tertiary/aromatic N) is 8. The average Bonchev–Trinajstić information content (AvgIpc) is 3.89. The molecule has 4 aliphatic rings. The molecule has 4 saturated heterocycles. The van der Waals surface area contributed by atoms with E-state index in [4.69, 9.17) is 29.2 Å². The minimum atomic E-state index is -1.08. The number of amides is 2. The van der Waals surface area contributed by atoms with Gasteiger partial charge >= 0.3 is 6.01 Å². The van der Waals surface area contributed by atoms with Gasteiger partial charge in [-0.1, -0.05) is 92.7 Å². The number of aryl methyl sites for hydroxylation is 1. The van der Waals surface area contributed by atoms with Gasteiger partial charge < -0.3 is 50.0 Å². The maximum absolute atomic E-state index is 15.7. The fourth-order valence-corrected chi connectivity index (χ4v) is 12.4. The highest BCUT2D eigenvalue weighted by molar-refractivity contribution is 6.04. The molecule has 6 atom stereocenters. The first kappa shape index (κ1) is 56.3. The highest BCUT2D eigenvalue weighted by Crippen LogP contribution is 2.44. The van der Waals surface area contributed by atoms with Crippen molar-refractivity contribution in [2.75, 3.05) is 44.4 Å². The number of phenolic OH excluding ortho intramolecular Hbond substituents is 1. The molecule has 3 aromatic heterocycles. The quantitative estimate of drug-likeness (QED) is 0.0576. The summed E-state index contributed by atoms with van der Waals surface area (Å²) in [6.07, 6.45) is 6.02. The Bertz CT molecular complexity index is 3740. The Labute approximate surface area is 482 Å². The lowest BCUT2D eigenvalue weighted by Gasteiger charge is -2.34. The minimum absolute atomic E-state index is 0.0286. The summed E-state index contributed by atoms with van der Waals surface area (Å²) in [4.78, 5) is 47.5. The van der Waals surface area contributed by atoms with Crippen molar-refractivity contribution in [2.45, 2.75) is 108 Å². The van der Waals surface area contributed by atoms with Crippen LogP contribution in [0.1, 0.15) is 81.6 Å². The zero-order chi connectivity index (χ0) is 58.3. The van der Waals surface area contributed by atoms with E-state index in [0.717, 1.165) is 37.6 Å². The molecule has 2 bridgehead atoms. The van der Waals surface area contributed by atoms with Gasteiger partial charge in [-0.05, 0) is 82.5 Å². The van der Waals surface area contributed by atoms with Gasteiger partial charge in [0, 0.05) is 73.9 Å². The van der Waals surface area contributed by atoms with Gasteiger partial charge in [0.05, 0.1) is 43.5 Å². The predicted octanol–water partition coefficient (Wildman–Crippen LogP) is 8.54. The molecular formula is C63H65F3N10O8. The zero-order valence-electron chi connectivity index (χ0n) is 46.7. The third kappa shape index (κ3) is 11.2. The summed E-state index contributed by atoms with van der Waals surface area (Å²) >= 11 is 0. The smallest absolute Gasteiger partial charge is 0.319 e. The molecule has 0 aliphatic carbocycles. The van der Waals surface area contributed by atoms with Crippen molar-refractivity contribution in [1.82, 2.24) is 45.5 Å². The first-order chi connectivity index (χ1) is 40.7. The molecule has 12 rings (SSSR count). The molecule has 0 radical (unpaired) electrons. The number of hydrogen-bond donors (Lipinski definition) is 5. The summed E-state index contributed by atoms with van der Waals surface area (Å²) in [6.45, 7) is 7.56. The number of hydrogen-bond acceptors (Lipinski definition) is 15. The highest BCUT2D eigenvalue weighted by Gasteiger charge is 2.43. The van der Waals surface area contributed by atoms with Crippen molar-refractivity contribution >= 4 is 39.3 Å². The maximum atomic E-state index is 15.7. The van der Waals surface area contributed by atoms with Gasteiger partial charge in [0.15, 0.2) is 17.4 Å². The number of carbonyl (C=O) groups excluding carboxylic acids is 2. The van der Waals surface area contributed by atoms with E-state index in [0.29, 0.717) is 117 Å². The van der Waals surface area contributed by atoms with Crippen molar-refractivity contribution in [3.05, 3.63) is 138 Å². The summed E-state index contributed by atoms with van der Waals surface area (Å²) in [5.74, 6) is -2.79. The van der Waals surface area contributed by atoms with Crippen molar-refractivity contribution in [2.24, 2.45) is 5.92 Å². The number of anilines is 1. The Hall–Kier alpha value is -8.24. The number of piperazine rings is 1. The normalized spacial score (nSPS) is 19.8. The summed E-state index contributed by atoms with van der Waals surface area (Å²) in [5, 5.41) is 49.8. The Morgan fingerprint density at radius 2 is 1.63 bits per heavy atom. The number of ether oxygens (including phenoxy) is 3. The molecule has 0 spiro atoms. The van der Waals surface area contributed by atoms with E-state index in [9.17, 15) is 33.7 Å². The number of β-amino-alcohol motifs (C(OH)–C–C–N with tert-alkyl or cyclic N) is 1. The first-order valence-corrected chi connectivity index (χ1v) is 28.7. The molecule has 436 valence electrons. The predicted molar refractivity (Wildman–Crippen MR) is 307 cm³/mol. The number of benzene rings is 5. The van der Waals surface area contributed by atoms with Crippen LogP contribution in [0.4, 0.5) is 19.0 Å². The molecule has 4 aliphatic heterocycles. The lowest BCUT2D eigenvalue weighted by atomic mass is 9.94. The van der Waals surface area contributed by atoms with Gasteiger partial charge in [-0.25, -0.2) is 17.9 Å². The van der Waals surface area contributed by atoms with Gasteiger partial charge in [-0.2, -0.15) is 9.97 Å². The summed E-state index contributed by atoms with van der Waals surface area (Å²) < 4.78 is 64.9. The number of aliphatic hydroxyl groups excluding tert-OH is 2.